The van der Waals surface area contributed by atoms with Gasteiger partial charge in [0.25, 0.3) is 0 Å². The van der Waals surface area contributed by atoms with Crippen molar-refractivity contribution in [1.82, 2.24) is 19.4 Å². The Hall–Kier alpha value is -1.97. The van der Waals surface area contributed by atoms with Crippen molar-refractivity contribution in [3.05, 3.63) is 30.3 Å². The highest BCUT2D eigenvalue weighted by atomic mass is 32.2. The van der Waals surface area contributed by atoms with Gasteiger partial charge in [0, 0.05) is 58.7 Å². The van der Waals surface area contributed by atoms with E-state index in [0.717, 1.165) is 37.9 Å². The zero-order valence-electron chi connectivity index (χ0n) is 19.9. The molecule has 33 heavy (non-hydrogen) atoms. The minimum Gasteiger partial charge on any atom is -0.356 e. The Bertz CT molecular complexity index is 875. The smallest absolute Gasteiger partial charge is 0.243 e. The monoisotopic (exact) mass is 478 g/mol. The molecule has 2 atom stereocenters. The van der Waals surface area contributed by atoms with E-state index in [-0.39, 0.29) is 42.6 Å². The second-order valence-electron chi connectivity index (χ2n) is 9.51. The van der Waals surface area contributed by atoms with Crippen molar-refractivity contribution in [2.75, 3.05) is 52.4 Å². The fourth-order valence-electron chi connectivity index (χ4n) is 4.89. The Kier molecular flexibility index (Phi) is 9.28. The van der Waals surface area contributed by atoms with E-state index in [1.54, 1.807) is 35.2 Å². The number of piperazine rings is 1. The van der Waals surface area contributed by atoms with Crippen LogP contribution < -0.4 is 5.32 Å². The lowest BCUT2D eigenvalue weighted by Crippen LogP contribution is -2.50. The summed E-state index contributed by atoms with van der Waals surface area (Å²) in [7, 11) is -3.54. The number of nitrogens with one attached hydrogen (secondary N) is 1. The molecule has 2 saturated heterocycles. The number of hydrogen-bond donors (Lipinski definition) is 1. The van der Waals surface area contributed by atoms with Gasteiger partial charge in [0.1, 0.15) is 0 Å². The average molecular weight is 479 g/mol. The third-order valence-electron chi connectivity index (χ3n) is 6.46. The van der Waals surface area contributed by atoms with Gasteiger partial charge in [-0.05, 0) is 43.4 Å². The predicted octanol–water partition coefficient (Wildman–Crippen LogP) is 1.78. The summed E-state index contributed by atoms with van der Waals surface area (Å²) in [6.45, 7) is 9.70. The maximum Gasteiger partial charge on any atom is 0.243 e. The number of amides is 2. The van der Waals surface area contributed by atoms with Crippen molar-refractivity contribution < 1.29 is 18.0 Å². The molecule has 0 bridgehead atoms. The number of carbonyl (C=O) groups excluding carboxylic acids is 2. The average Bonchev–Trinajstić information content (AvgIpc) is 2.80. The zero-order valence-corrected chi connectivity index (χ0v) is 20.7. The largest absolute Gasteiger partial charge is 0.356 e. The lowest BCUT2D eigenvalue weighted by atomic mass is 9.92. The first kappa shape index (κ1) is 25.6. The summed E-state index contributed by atoms with van der Waals surface area (Å²) in [6, 6.07) is 8.35. The number of rotatable bonds is 9. The summed E-state index contributed by atoms with van der Waals surface area (Å²) in [5, 5.41) is 2.92. The molecule has 0 aromatic heterocycles. The van der Waals surface area contributed by atoms with Gasteiger partial charge in [-0.2, -0.15) is 4.31 Å². The molecule has 1 aromatic rings. The van der Waals surface area contributed by atoms with E-state index < -0.39 is 10.0 Å². The number of sulfonamides is 1. The van der Waals surface area contributed by atoms with Gasteiger partial charge in [-0.1, -0.05) is 32.0 Å². The number of likely N-dealkylation sites (tertiary alicyclic amines) is 1. The first-order chi connectivity index (χ1) is 15.8. The van der Waals surface area contributed by atoms with E-state index in [0.29, 0.717) is 19.6 Å². The lowest BCUT2D eigenvalue weighted by Gasteiger charge is -2.35. The third kappa shape index (κ3) is 7.52. The second kappa shape index (κ2) is 11.9. The van der Waals surface area contributed by atoms with E-state index in [1.807, 2.05) is 0 Å². The molecule has 1 aromatic carbocycles. The molecule has 2 aliphatic heterocycles. The summed E-state index contributed by atoms with van der Waals surface area (Å²) in [6.07, 6.45) is 2.52. The molecule has 9 heteroatoms. The summed E-state index contributed by atoms with van der Waals surface area (Å²) < 4.78 is 26.8. The first-order valence-electron chi connectivity index (χ1n) is 12.1. The summed E-state index contributed by atoms with van der Waals surface area (Å²) in [4.78, 5) is 29.0. The van der Waals surface area contributed by atoms with E-state index in [1.165, 1.54) is 10.7 Å². The van der Waals surface area contributed by atoms with Crippen LogP contribution >= 0.6 is 0 Å². The molecule has 2 amide bonds. The molecule has 2 fully saturated rings. The van der Waals surface area contributed by atoms with E-state index >= 15 is 0 Å². The van der Waals surface area contributed by atoms with Crippen molar-refractivity contribution in [2.24, 2.45) is 11.8 Å². The van der Waals surface area contributed by atoms with Crippen molar-refractivity contribution in [3.63, 3.8) is 0 Å². The molecule has 0 aliphatic carbocycles. The van der Waals surface area contributed by atoms with Gasteiger partial charge in [0.15, 0.2) is 0 Å². The van der Waals surface area contributed by atoms with Crippen LogP contribution in [0.5, 0.6) is 0 Å². The normalized spacial score (nSPS) is 22.8. The molecule has 2 heterocycles. The van der Waals surface area contributed by atoms with E-state index in [4.69, 9.17) is 0 Å². The Balaban J connectivity index is 1.31. The minimum atomic E-state index is -3.54. The number of nitrogens with zero attached hydrogens (tertiary/aromatic N) is 3. The highest BCUT2D eigenvalue weighted by molar-refractivity contribution is 7.89. The van der Waals surface area contributed by atoms with Crippen LogP contribution in [0, 0.1) is 11.8 Å². The quantitative estimate of drug-likeness (QED) is 0.547. The molecular weight excluding hydrogens is 440 g/mol. The standard InChI is InChI=1S/C24H38N4O4S/c1-20-17-21(2)19-26(18-20)12-6-11-25-23(29)9-10-24(30)27-13-15-28(16-14-27)33(31,32)22-7-4-3-5-8-22/h3-5,7-8,20-21H,6,9-19H2,1-2H3,(H,25,29). The number of piperidine rings is 1. The van der Waals surface area contributed by atoms with Crippen LogP contribution in [0.25, 0.3) is 0 Å². The molecule has 1 N–H and O–H groups in total. The molecule has 0 spiro atoms. The maximum absolute atomic E-state index is 12.7. The van der Waals surface area contributed by atoms with Gasteiger partial charge in [-0.25, -0.2) is 8.42 Å². The SMILES string of the molecule is CC1CC(C)CN(CCCNC(=O)CCC(=O)N2CCN(S(=O)(=O)c3ccccc3)CC2)C1. The van der Waals surface area contributed by atoms with Crippen LogP contribution in [-0.2, 0) is 19.6 Å². The van der Waals surface area contributed by atoms with Crippen LogP contribution in [0.4, 0.5) is 0 Å². The predicted molar refractivity (Wildman–Crippen MR) is 128 cm³/mol. The van der Waals surface area contributed by atoms with Crippen LogP contribution in [0.3, 0.4) is 0 Å². The van der Waals surface area contributed by atoms with Crippen LogP contribution in [0.2, 0.25) is 0 Å². The molecule has 2 unspecified atom stereocenters. The van der Waals surface area contributed by atoms with Crippen molar-refractivity contribution in [3.8, 4) is 0 Å². The van der Waals surface area contributed by atoms with Gasteiger partial charge in [-0.3, -0.25) is 9.59 Å². The minimum absolute atomic E-state index is 0.0989. The molecule has 0 radical (unpaired) electrons. The lowest BCUT2D eigenvalue weighted by molar-refractivity contribution is -0.134. The maximum atomic E-state index is 12.7. The van der Waals surface area contributed by atoms with Gasteiger partial charge in [0.05, 0.1) is 4.90 Å². The number of hydrogen-bond acceptors (Lipinski definition) is 5. The fraction of sp³-hybridized carbons (Fsp3) is 0.667. The van der Waals surface area contributed by atoms with Gasteiger partial charge < -0.3 is 15.1 Å². The Morgan fingerprint density at radius 3 is 2.24 bits per heavy atom. The first-order valence-corrected chi connectivity index (χ1v) is 13.5. The summed E-state index contributed by atoms with van der Waals surface area (Å²) in [5.41, 5.74) is 0. The fourth-order valence-corrected chi connectivity index (χ4v) is 6.33. The number of benzene rings is 1. The molecule has 0 saturated carbocycles. The zero-order chi connectivity index (χ0) is 23.8. The van der Waals surface area contributed by atoms with Crippen molar-refractivity contribution in [1.29, 1.82) is 0 Å². The molecule has 8 nitrogen and oxygen atoms in total. The van der Waals surface area contributed by atoms with Crippen molar-refractivity contribution >= 4 is 21.8 Å². The molecule has 3 rings (SSSR count). The summed E-state index contributed by atoms with van der Waals surface area (Å²) in [5.74, 6) is 1.26. The number of carbonyl (C=O) groups is 2. The summed E-state index contributed by atoms with van der Waals surface area (Å²) >= 11 is 0. The Morgan fingerprint density at radius 1 is 0.970 bits per heavy atom. The Labute approximate surface area is 198 Å². The van der Waals surface area contributed by atoms with Crippen molar-refractivity contribution in [2.45, 2.75) is 44.4 Å². The van der Waals surface area contributed by atoms with Crippen LogP contribution in [-0.4, -0.2) is 86.7 Å². The van der Waals surface area contributed by atoms with Gasteiger partial charge in [-0.15, -0.1) is 0 Å². The molecular formula is C24H38N4O4S. The van der Waals surface area contributed by atoms with Gasteiger partial charge >= 0.3 is 0 Å². The molecule has 2 aliphatic rings. The third-order valence-corrected chi connectivity index (χ3v) is 8.37. The van der Waals surface area contributed by atoms with E-state index in [2.05, 4.69) is 24.1 Å². The second-order valence-corrected chi connectivity index (χ2v) is 11.4. The van der Waals surface area contributed by atoms with E-state index in [9.17, 15) is 18.0 Å². The highest BCUT2D eigenvalue weighted by Crippen LogP contribution is 2.21. The Morgan fingerprint density at radius 2 is 1.61 bits per heavy atom. The topological polar surface area (TPSA) is 90.0 Å². The highest BCUT2D eigenvalue weighted by Gasteiger charge is 2.30. The van der Waals surface area contributed by atoms with Gasteiger partial charge in [0.2, 0.25) is 21.8 Å². The van der Waals surface area contributed by atoms with Crippen LogP contribution in [0.15, 0.2) is 35.2 Å². The van der Waals surface area contributed by atoms with Crippen LogP contribution in [0.1, 0.15) is 39.5 Å². The molecule has 184 valence electrons.